The van der Waals surface area contributed by atoms with E-state index in [2.05, 4.69) is 20.4 Å². The molecular weight excluding hydrogens is 423 g/mol. The van der Waals surface area contributed by atoms with Gasteiger partial charge in [0.25, 0.3) is 5.56 Å². The van der Waals surface area contributed by atoms with Crippen LogP contribution in [-0.4, -0.2) is 36.0 Å². The Bertz CT molecular complexity index is 1290. The topological polar surface area (TPSA) is 97.9 Å². The molecule has 10 heteroatoms. The van der Waals surface area contributed by atoms with Crippen molar-refractivity contribution in [2.24, 2.45) is 7.05 Å². The van der Waals surface area contributed by atoms with Crippen LogP contribution in [0.2, 0.25) is 5.02 Å². The number of hydrogen-bond donors (Lipinski definition) is 2. The second-order valence-corrected chi connectivity index (χ2v) is 7.23. The lowest BCUT2D eigenvalue weighted by atomic mass is 10.1. The molecule has 0 spiro atoms. The molecule has 0 aliphatic heterocycles. The zero-order chi connectivity index (χ0) is 22.0. The van der Waals surface area contributed by atoms with Crippen molar-refractivity contribution in [1.29, 1.82) is 0 Å². The minimum atomic E-state index is -0.701. The zero-order valence-electron chi connectivity index (χ0n) is 16.4. The van der Waals surface area contributed by atoms with Crippen molar-refractivity contribution in [2.45, 2.75) is 6.04 Å². The van der Waals surface area contributed by atoms with E-state index in [-0.39, 0.29) is 17.2 Å². The van der Waals surface area contributed by atoms with Gasteiger partial charge in [-0.15, -0.1) is 0 Å². The Balaban J connectivity index is 1.63. The van der Waals surface area contributed by atoms with Crippen LogP contribution in [0.4, 0.5) is 16.0 Å². The Hall–Kier alpha value is -3.56. The number of rotatable bonds is 6. The number of aliphatic hydroxyl groups is 1. The summed E-state index contributed by atoms with van der Waals surface area (Å²) < 4.78 is 16.5. The monoisotopic (exact) mass is 440 g/mol. The fourth-order valence-corrected chi connectivity index (χ4v) is 3.36. The van der Waals surface area contributed by atoms with Crippen molar-refractivity contribution in [3.8, 4) is 11.3 Å². The number of aliphatic hydroxyl groups excluding tert-OH is 1. The average Bonchev–Trinajstić information content (AvgIpc) is 3.17. The van der Waals surface area contributed by atoms with Crippen LogP contribution in [0, 0.1) is 5.82 Å². The quantitative estimate of drug-likeness (QED) is 0.478. The number of nitrogens with one attached hydrogen (secondary N) is 1. The highest BCUT2D eigenvalue weighted by molar-refractivity contribution is 6.30. The second kappa shape index (κ2) is 8.66. The van der Waals surface area contributed by atoms with E-state index in [0.29, 0.717) is 22.8 Å². The molecule has 8 nitrogen and oxygen atoms in total. The average molecular weight is 441 g/mol. The predicted molar refractivity (Wildman–Crippen MR) is 115 cm³/mol. The molecule has 0 saturated heterocycles. The highest BCUT2D eigenvalue weighted by atomic mass is 35.5. The smallest absolute Gasteiger partial charge is 0.251 e. The van der Waals surface area contributed by atoms with Crippen molar-refractivity contribution in [1.82, 2.24) is 24.3 Å². The molecule has 0 fully saturated rings. The first-order valence-corrected chi connectivity index (χ1v) is 9.69. The fourth-order valence-electron chi connectivity index (χ4n) is 3.17. The van der Waals surface area contributed by atoms with Crippen LogP contribution in [0.25, 0.3) is 11.3 Å². The van der Waals surface area contributed by atoms with Crippen LogP contribution in [0.15, 0.2) is 66.0 Å². The summed E-state index contributed by atoms with van der Waals surface area (Å²) in [6, 6.07) is 8.22. The summed E-state index contributed by atoms with van der Waals surface area (Å²) in [4.78, 5) is 21.4. The van der Waals surface area contributed by atoms with Crippen molar-refractivity contribution in [3.63, 3.8) is 0 Å². The molecular formula is C21H18ClFN6O2. The van der Waals surface area contributed by atoms with Crippen molar-refractivity contribution in [2.75, 3.05) is 11.9 Å². The number of halogens is 2. The van der Waals surface area contributed by atoms with Crippen LogP contribution < -0.4 is 10.9 Å². The number of aryl methyl sites for hydroxylation is 1. The first-order valence-electron chi connectivity index (χ1n) is 9.31. The summed E-state index contributed by atoms with van der Waals surface area (Å²) >= 11 is 5.85. The lowest BCUT2D eigenvalue weighted by molar-refractivity contribution is 0.247. The van der Waals surface area contributed by atoms with Crippen LogP contribution in [0.3, 0.4) is 0 Å². The van der Waals surface area contributed by atoms with Gasteiger partial charge in [0.15, 0.2) is 0 Å². The Kier molecular flexibility index (Phi) is 5.79. The van der Waals surface area contributed by atoms with Gasteiger partial charge in [-0.3, -0.25) is 9.48 Å². The summed E-state index contributed by atoms with van der Waals surface area (Å²) in [6.45, 7) is -0.353. The number of pyridine rings is 1. The van der Waals surface area contributed by atoms with Crippen molar-refractivity contribution in [3.05, 3.63) is 87.9 Å². The van der Waals surface area contributed by atoms with E-state index in [1.54, 1.807) is 48.6 Å². The fraction of sp³-hybridized carbons (Fsp3) is 0.143. The number of nitrogens with zero attached hydrogens (tertiary/aromatic N) is 5. The highest BCUT2D eigenvalue weighted by Gasteiger charge is 2.16. The lowest BCUT2D eigenvalue weighted by Gasteiger charge is -2.18. The molecule has 0 amide bonds. The number of hydrogen-bond acceptors (Lipinski definition) is 6. The van der Waals surface area contributed by atoms with Gasteiger partial charge in [0.05, 0.1) is 35.2 Å². The van der Waals surface area contributed by atoms with E-state index in [9.17, 15) is 14.3 Å². The molecule has 4 rings (SSSR count). The molecule has 0 aliphatic rings. The Morgan fingerprint density at radius 1 is 1.26 bits per heavy atom. The molecule has 2 N–H and O–H groups in total. The molecule has 3 heterocycles. The molecule has 4 aromatic rings. The van der Waals surface area contributed by atoms with Gasteiger partial charge in [-0.05, 0) is 29.8 Å². The molecule has 31 heavy (non-hydrogen) atoms. The third-order valence-electron chi connectivity index (χ3n) is 4.70. The molecule has 0 aliphatic carbocycles. The number of benzene rings is 1. The van der Waals surface area contributed by atoms with Gasteiger partial charge in [-0.2, -0.15) is 5.10 Å². The standard InChI is InChI=1S/C21H18ClFN6O2/c1-28-11-15(10-25-28)26-21-24-6-4-18(27-21)13-5-7-29(20(31)9-13)19(12-30)14-2-3-17(23)16(22)8-14/h2-11,19,30H,12H2,1H3,(H,24,26,27)/t19-/m1/s1. The van der Waals surface area contributed by atoms with E-state index in [0.717, 1.165) is 5.69 Å². The number of anilines is 2. The third kappa shape index (κ3) is 4.47. The minimum absolute atomic E-state index is 0.0738. The SMILES string of the molecule is Cn1cc(Nc2nccc(-c3ccn([C@H](CO)c4ccc(F)c(Cl)c4)c(=O)c3)n2)cn1. The third-order valence-corrected chi connectivity index (χ3v) is 4.99. The Morgan fingerprint density at radius 2 is 2.10 bits per heavy atom. The van der Waals surface area contributed by atoms with E-state index < -0.39 is 11.9 Å². The van der Waals surface area contributed by atoms with Gasteiger partial charge in [0.2, 0.25) is 5.95 Å². The first-order chi connectivity index (χ1) is 14.9. The zero-order valence-corrected chi connectivity index (χ0v) is 17.2. The molecule has 1 atom stereocenters. The number of aromatic nitrogens is 5. The normalized spacial score (nSPS) is 12.0. The van der Waals surface area contributed by atoms with Gasteiger partial charge in [-0.25, -0.2) is 14.4 Å². The summed E-state index contributed by atoms with van der Waals surface area (Å²) in [5, 5.41) is 16.9. The molecule has 3 aromatic heterocycles. The summed E-state index contributed by atoms with van der Waals surface area (Å²) in [5.74, 6) is -0.201. The van der Waals surface area contributed by atoms with Crippen molar-refractivity contribution < 1.29 is 9.50 Å². The highest BCUT2D eigenvalue weighted by Crippen LogP contribution is 2.24. The van der Waals surface area contributed by atoms with E-state index >= 15 is 0 Å². The molecule has 0 saturated carbocycles. The lowest BCUT2D eigenvalue weighted by Crippen LogP contribution is -2.26. The largest absolute Gasteiger partial charge is 0.394 e. The summed E-state index contributed by atoms with van der Waals surface area (Å²) in [6.07, 6.45) is 6.58. The van der Waals surface area contributed by atoms with Crippen LogP contribution in [-0.2, 0) is 7.05 Å². The Labute approximate surface area is 181 Å². The summed E-state index contributed by atoms with van der Waals surface area (Å²) in [5.41, 5.74) is 2.05. The van der Waals surface area contributed by atoms with Crippen LogP contribution in [0.5, 0.6) is 0 Å². The van der Waals surface area contributed by atoms with Crippen molar-refractivity contribution >= 4 is 23.2 Å². The maximum Gasteiger partial charge on any atom is 0.251 e. The molecule has 0 unspecified atom stereocenters. The van der Waals surface area contributed by atoms with E-state index in [4.69, 9.17) is 11.6 Å². The molecule has 0 radical (unpaired) electrons. The van der Waals surface area contributed by atoms with Crippen LogP contribution >= 0.6 is 11.6 Å². The summed E-state index contributed by atoms with van der Waals surface area (Å²) in [7, 11) is 1.80. The van der Waals surface area contributed by atoms with E-state index in [1.807, 2.05) is 0 Å². The Morgan fingerprint density at radius 3 is 2.77 bits per heavy atom. The van der Waals surface area contributed by atoms with Gasteiger partial charge in [0, 0.05) is 37.3 Å². The second-order valence-electron chi connectivity index (χ2n) is 6.83. The van der Waals surface area contributed by atoms with Gasteiger partial charge >= 0.3 is 0 Å². The van der Waals surface area contributed by atoms with E-state index in [1.165, 1.54) is 28.8 Å². The molecule has 0 bridgehead atoms. The molecule has 1 aromatic carbocycles. The van der Waals surface area contributed by atoms with Crippen LogP contribution in [0.1, 0.15) is 11.6 Å². The maximum atomic E-state index is 13.5. The van der Waals surface area contributed by atoms with Gasteiger partial charge in [0.1, 0.15) is 5.82 Å². The first kappa shape index (κ1) is 20.7. The minimum Gasteiger partial charge on any atom is -0.394 e. The van der Waals surface area contributed by atoms with Gasteiger partial charge < -0.3 is 15.0 Å². The van der Waals surface area contributed by atoms with Gasteiger partial charge in [-0.1, -0.05) is 17.7 Å². The maximum absolute atomic E-state index is 13.5. The predicted octanol–water partition coefficient (Wildman–Crippen LogP) is 3.16. The molecule has 158 valence electrons.